The first kappa shape index (κ1) is 13.2. The van der Waals surface area contributed by atoms with Gasteiger partial charge in [0.2, 0.25) is 5.76 Å². The second-order valence-corrected chi connectivity index (χ2v) is 5.86. The van der Waals surface area contributed by atoms with Gasteiger partial charge in [0.25, 0.3) is 0 Å². The lowest BCUT2D eigenvalue weighted by Gasteiger charge is -2.14. The Kier molecular flexibility index (Phi) is 3.26. The number of fused-ring (bicyclic) bond motifs is 1. The minimum Gasteiger partial charge on any atom is -0.475 e. The van der Waals surface area contributed by atoms with E-state index in [4.69, 9.17) is 4.42 Å². The summed E-state index contributed by atoms with van der Waals surface area (Å²) in [5.74, 6) is 0.401. The minimum atomic E-state index is -0.989. The smallest absolute Gasteiger partial charge is 0.372 e. The van der Waals surface area contributed by atoms with Gasteiger partial charge in [0.1, 0.15) is 5.58 Å². The maximum atomic E-state index is 11.4. The van der Waals surface area contributed by atoms with Gasteiger partial charge in [0, 0.05) is 30.6 Å². The molecule has 0 aliphatic carbocycles. The van der Waals surface area contributed by atoms with Gasteiger partial charge in [0.15, 0.2) is 0 Å². The van der Waals surface area contributed by atoms with Gasteiger partial charge >= 0.3 is 5.97 Å². The van der Waals surface area contributed by atoms with Crippen LogP contribution in [0.15, 0.2) is 28.7 Å². The van der Waals surface area contributed by atoms with E-state index in [2.05, 4.69) is 18.7 Å². The molecule has 106 valence electrons. The quantitative estimate of drug-likeness (QED) is 0.933. The summed E-state index contributed by atoms with van der Waals surface area (Å²) in [5, 5.41) is 10.2. The number of furan rings is 1. The van der Waals surface area contributed by atoms with Crippen LogP contribution in [0.3, 0.4) is 0 Å². The molecule has 0 amide bonds. The number of benzene rings is 1. The molecule has 1 aliphatic rings. The molecule has 0 radical (unpaired) electrons. The molecule has 2 heterocycles. The van der Waals surface area contributed by atoms with Crippen LogP contribution in [0, 0.1) is 11.8 Å². The van der Waals surface area contributed by atoms with Crippen molar-refractivity contribution in [3.63, 3.8) is 0 Å². The van der Waals surface area contributed by atoms with Crippen LogP contribution in [-0.4, -0.2) is 29.1 Å². The van der Waals surface area contributed by atoms with E-state index in [1.54, 1.807) is 0 Å². The predicted molar refractivity (Wildman–Crippen MR) is 76.8 cm³/mol. The average molecular weight is 273 g/mol. The fraction of sp³-hybridized carbons (Fsp3) is 0.438. The van der Waals surface area contributed by atoms with Crippen molar-refractivity contribution in [1.82, 2.24) is 4.90 Å². The molecule has 3 rings (SSSR count). The van der Waals surface area contributed by atoms with Crippen molar-refractivity contribution in [2.45, 2.75) is 20.4 Å². The molecule has 4 heteroatoms. The third-order valence-corrected chi connectivity index (χ3v) is 4.34. The van der Waals surface area contributed by atoms with Crippen molar-refractivity contribution in [2.24, 2.45) is 11.8 Å². The summed E-state index contributed by atoms with van der Waals surface area (Å²) in [4.78, 5) is 13.7. The maximum Gasteiger partial charge on any atom is 0.372 e. The van der Waals surface area contributed by atoms with E-state index in [1.807, 2.05) is 24.3 Å². The zero-order valence-corrected chi connectivity index (χ0v) is 11.8. The fourth-order valence-electron chi connectivity index (χ4n) is 3.03. The molecule has 2 atom stereocenters. The maximum absolute atomic E-state index is 11.4. The van der Waals surface area contributed by atoms with Crippen molar-refractivity contribution in [1.29, 1.82) is 0 Å². The van der Waals surface area contributed by atoms with Crippen LogP contribution in [0.25, 0.3) is 11.0 Å². The lowest BCUT2D eigenvalue weighted by atomic mass is 10.0. The van der Waals surface area contributed by atoms with Crippen LogP contribution in [-0.2, 0) is 6.54 Å². The third kappa shape index (κ3) is 2.20. The summed E-state index contributed by atoms with van der Waals surface area (Å²) in [6.07, 6.45) is 0. The first-order chi connectivity index (χ1) is 9.56. The Hall–Kier alpha value is -1.81. The first-order valence-electron chi connectivity index (χ1n) is 7.02. The largest absolute Gasteiger partial charge is 0.475 e. The molecular weight excluding hydrogens is 254 g/mol. The van der Waals surface area contributed by atoms with Crippen molar-refractivity contribution in [3.8, 4) is 0 Å². The van der Waals surface area contributed by atoms with Crippen LogP contribution in [0.5, 0.6) is 0 Å². The minimum absolute atomic E-state index is 0.0819. The Labute approximate surface area is 118 Å². The zero-order valence-electron chi connectivity index (χ0n) is 11.8. The molecular formula is C16H19NO3. The lowest BCUT2D eigenvalue weighted by Crippen LogP contribution is -2.21. The molecule has 0 saturated carbocycles. The number of hydrogen-bond acceptors (Lipinski definition) is 3. The zero-order chi connectivity index (χ0) is 14.3. The number of aromatic carboxylic acids is 1. The van der Waals surface area contributed by atoms with Crippen molar-refractivity contribution in [3.05, 3.63) is 35.6 Å². The average Bonchev–Trinajstić information content (AvgIpc) is 2.92. The Balaban J connectivity index is 1.97. The third-order valence-electron chi connectivity index (χ3n) is 4.34. The summed E-state index contributed by atoms with van der Waals surface area (Å²) < 4.78 is 5.50. The summed E-state index contributed by atoms with van der Waals surface area (Å²) in [5.41, 5.74) is 1.45. The van der Waals surface area contributed by atoms with Gasteiger partial charge in [-0.25, -0.2) is 4.79 Å². The van der Waals surface area contributed by atoms with Crippen LogP contribution >= 0.6 is 0 Å². The van der Waals surface area contributed by atoms with Crippen molar-refractivity contribution >= 4 is 16.9 Å². The van der Waals surface area contributed by atoms with Crippen molar-refractivity contribution < 1.29 is 14.3 Å². The number of hydrogen-bond donors (Lipinski definition) is 1. The van der Waals surface area contributed by atoms with Crippen molar-refractivity contribution in [2.75, 3.05) is 13.1 Å². The molecule has 0 bridgehead atoms. The van der Waals surface area contributed by atoms with Gasteiger partial charge in [-0.3, -0.25) is 4.90 Å². The highest BCUT2D eigenvalue weighted by molar-refractivity contribution is 5.95. The number of rotatable bonds is 3. The van der Waals surface area contributed by atoms with E-state index in [-0.39, 0.29) is 5.76 Å². The topological polar surface area (TPSA) is 53.7 Å². The number of nitrogens with zero attached hydrogens (tertiary/aromatic N) is 1. The summed E-state index contributed by atoms with van der Waals surface area (Å²) >= 11 is 0. The molecule has 1 aromatic heterocycles. The molecule has 1 aliphatic heterocycles. The first-order valence-corrected chi connectivity index (χ1v) is 7.02. The van der Waals surface area contributed by atoms with Gasteiger partial charge in [-0.1, -0.05) is 32.0 Å². The number of carbonyl (C=O) groups is 1. The fourth-order valence-corrected chi connectivity index (χ4v) is 3.03. The Morgan fingerprint density at radius 1 is 1.30 bits per heavy atom. The highest BCUT2D eigenvalue weighted by Crippen LogP contribution is 2.30. The molecule has 1 aromatic carbocycles. The summed E-state index contributed by atoms with van der Waals surface area (Å²) in [7, 11) is 0. The molecule has 4 nitrogen and oxygen atoms in total. The summed E-state index contributed by atoms with van der Waals surface area (Å²) in [6.45, 7) is 7.17. The van der Waals surface area contributed by atoms with E-state index in [9.17, 15) is 9.90 Å². The van der Waals surface area contributed by atoms with Gasteiger partial charge in [-0.15, -0.1) is 0 Å². The SMILES string of the molecule is CC1CN(Cc2c(C(=O)O)oc3ccccc23)CC1C. The van der Waals surface area contributed by atoms with Crippen LogP contribution < -0.4 is 0 Å². The van der Waals surface area contributed by atoms with Gasteiger partial charge < -0.3 is 9.52 Å². The standard InChI is InChI=1S/C16H19NO3/c1-10-7-17(8-11(10)2)9-13-12-5-3-4-6-14(12)20-15(13)16(18)19/h3-6,10-11H,7-9H2,1-2H3,(H,18,19). The highest BCUT2D eigenvalue weighted by atomic mass is 16.4. The van der Waals surface area contributed by atoms with E-state index in [0.29, 0.717) is 24.0 Å². The van der Waals surface area contributed by atoms with Gasteiger partial charge in [-0.2, -0.15) is 0 Å². The van der Waals surface area contributed by atoms with Crippen LogP contribution in [0.4, 0.5) is 0 Å². The van der Waals surface area contributed by atoms with E-state index < -0.39 is 5.97 Å². The monoisotopic (exact) mass is 273 g/mol. The van der Waals surface area contributed by atoms with Gasteiger partial charge in [-0.05, 0) is 17.9 Å². The number of para-hydroxylation sites is 1. The number of carboxylic acids is 1. The normalized spacial score (nSPS) is 23.5. The van der Waals surface area contributed by atoms with Gasteiger partial charge in [0.05, 0.1) is 0 Å². The molecule has 2 aromatic rings. The number of likely N-dealkylation sites (tertiary alicyclic amines) is 1. The molecule has 0 spiro atoms. The molecule has 1 saturated heterocycles. The Bertz CT molecular complexity index is 636. The Morgan fingerprint density at radius 3 is 2.60 bits per heavy atom. The molecule has 2 unspecified atom stereocenters. The molecule has 1 fully saturated rings. The number of carboxylic acid groups (broad SMARTS) is 1. The lowest BCUT2D eigenvalue weighted by molar-refractivity contribution is 0.0662. The second kappa shape index (κ2) is 4.94. The van der Waals surface area contributed by atoms with Crippen LogP contribution in [0.2, 0.25) is 0 Å². The second-order valence-electron chi connectivity index (χ2n) is 5.86. The Morgan fingerprint density at radius 2 is 1.95 bits per heavy atom. The van der Waals surface area contributed by atoms with E-state index in [0.717, 1.165) is 24.0 Å². The highest BCUT2D eigenvalue weighted by Gasteiger charge is 2.28. The van der Waals surface area contributed by atoms with Crippen LogP contribution in [0.1, 0.15) is 30.0 Å². The van der Waals surface area contributed by atoms with E-state index in [1.165, 1.54) is 0 Å². The molecule has 20 heavy (non-hydrogen) atoms. The predicted octanol–water partition coefficient (Wildman–Crippen LogP) is 3.22. The van der Waals surface area contributed by atoms with E-state index >= 15 is 0 Å². The summed E-state index contributed by atoms with van der Waals surface area (Å²) in [6, 6.07) is 7.54. The molecule has 1 N–H and O–H groups in total.